The Hall–Kier alpha value is -1.69. The lowest BCUT2D eigenvalue weighted by molar-refractivity contribution is -0.122. The van der Waals surface area contributed by atoms with Gasteiger partial charge in [0.05, 0.1) is 4.91 Å². The molecule has 0 unspecified atom stereocenters. The Labute approximate surface area is 145 Å². The number of rotatable bonds is 5. The highest BCUT2D eigenvalue weighted by atomic mass is 32.2. The van der Waals surface area contributed by atoms with E-state index in [1.54, 1.807) is 12.0 Å². The fraction of sp³-hybridized carbons (Fsp3) is 0.222. The minimum Gasteiger partial charge on any atom is -0.385 e. The summed E-state index contributed by atoms with van der Waals surface area (Å²) in [5, 5.41) is 2.36. The van der Waals surface area contributed by atoms with Crippen LogP contribution in [0.15, 0.2) is 47.4 Å². The van der Waals surface area contributed by atoms with Gasteiger partial charge in [-0.2, -0.15) is 0 Å². The smallest absolute Gasteiger partial charge is 0.266 e. The Morgan fingerprint density at radius 1 is 1.22 bits per heavy atom. The van der Waals surface area contributed by atoms with Gasteiger partial charge in [0.2, 0.25) is 0 Å². The van der Waals surface area contributed by atoms with Gasteiger partial charge in [-0.1, -0.05) is 60.4 Å². The largest absolute Gasteiger partial charge is 0.385 e. The van der Waals surface area contributed by atoms with Crippen LogP contribution in [0.5, 0.6) is 0 Å². The molecule has 0 spiro atoms. The predicted molar refractivity (Wildman–Crippen MR) is 100 cm³/mol. The van der Waals surface area contributed by atoms with E-state index in [0.29, 0.717) is 22.4 Å². The molecule has 5 heteroatoms. The number of carbonyl (C=O) groups excluding carboxylic acids is 1. The molecule has 0 N–H and O–H groups in total. The van der Waals surface area contributed by atoms with Gasteiger partial charge in [0.15, 0.2) is 0 Å². The standard InChI is InChI=1S/C18H17NO2S2/c1-21-10-4-9-19-17(20)16(23-18(19)22)12-13-7-8-14-5-2-3-6-15(14)11-13/h2-3,5-8,11-12H,4,9-10H2,1H3/b16-12+. The number of hydrogen-bond donors (Lipinski definition) is 0. The normalized spacial score (nSPS) is 16.7. The molecule has 0 saturated carbocycles. The quantitative estimate of drug-likeness (QED) is 0.465. The Balaban J connectivity index is 1.81. The Bertz CT molecular complexity index is 785. The highest BCUT2D eigenvalue weighted by molar-refractivity contribution is 8.26. The average Bonchev–Trinajstić information content (AvgIpc) is 2.82. The number of amides is 1. The first kappa shape index (κ1) is 16.2. The summed E-state index contributed by atoms with van der Waals surface area (Å²) in [5.74, 6) is -0.00994. The van der Waals surface area contributed by atoms with Crippen molar-refractivity contribution >= 4 is 51.1 Å². The van der Waals surface area contributed by atoms with Crippen molar-refractivity contribution in [3.8, 4) is 0 Å². The molecule has 3 rings (SSSR count). The lowest BCUT2D eigenvalue weighted by Gasteiger charge is -2.13. The van der Waals surface area contributed by atoms with Crippen molar-refractivity contribution in [2.24, 2.45) is 0 Å². The highest BCUT2D eigenvalue weighted by Crippen LogP contribution is 2.33. The number of carbonyl (C=O) groups is 1. The number of thiocarbonyl (C=S) groups is 1. The highest BCUT2D eigenvalue weighted by Gasteiger charge is 2.31. The van der Waals surface area contributed by atoms with Gasteiger partial charge >= 0.3 is 0 Å². The number of nitrogens with zero attached hydrogens (tertiary/aromatic N) is 1. The Morgan fingerprint density at radius 2 is 2.00 bits per heavy atom. The molecule has 0 bridgehead atoms. The Kier molecular flexibility index (Phi) is 5.10. The van der Waals surface area contributed by atoms with Crippen molar-refractivity contribution in [1.82, 2.24) is 4.90 Å². The molecule has 1 heterocycles. The van der Waals surface area contributed by atoms with Crippen molar-refractivity contribution in [3.63, 3.8) is 0 Å². The van der Waals surface area contributed by atoms with E-state index in [-0.39, 0.29) is 5.91 Å². The van der Waals surface area contributed by atoms with E-state index < -0.39 is 0 Å². The zero-order valence-corrected chi connectivity index (χ0v) is 14.5. The fourth-order valence-corrected chi connectivity index (χ4v) is 3.82. The van der Waals surface area contributed by atoms with E-state index in [9.17, 15) is 4.79 Å². The summed E-state index contributed by atoms with van der Waals surface area (Å²) in [6, 6.07) is 14.4. The zero-order chi connectivity index (χ0) is 16.2. The molecular weight excluding hydrogens is 326 g/mol. The average molecular weight is 343 g/mol. The van der Waals surface area contributed by atoms with Crippen LogP contribution in [-0.4, -0.2) is 35.4 Å². The maximum Gasteiger partial charge on any atom is 0.266 e. The van der Waals surface area contributed by atoms with Crippen LogP contribution >= 0.6 is 24.0 Å². The van der Waals surface area contributed by atoms with Crippen LogP contribution in [0.25, 0.3) is 16.8 Å². The van der Waals surface area contributed by atoms with Crippen LogP contribution in [0.4, 0.5) is 0 Å². The maximum absolute atomic E-state index is 12.5. The maximum atomic E-state index is 12.5. The van der Waals surface area contributed by atoms with E-state index in [1.165, 1.54) is 17.1 Å². The second kappa shape index (κ2) is 7.25. The SMILES string of the molecule is COCCCN1C(=O)/C(=C\c2ccc3ccccc3c2)SC1=S. The van der Waals surface area contributed by atoms with Crippen LogP contribution in [0.2, 0.25) is 0 Å². The van der Waals surface area contributed by atoms with Crippen LogP contribution in [0.3, 0.4) is 0 Å². The summed E-state index contributed by atoms with van der Waals surface area (Å²) >= 11 is 6.69. The van der Waals surface area contributed by atoms with Gasteiger partial charge in [0.1, 0.15) is 4.32 Å². The monoisotopic (exact) mass is 343 g/mol. The summed E-state index contributed by atoms with van der Waals surface area (Å²) < 4.78 is 5.66. The fourth-order valence-electron chi connectivity index (χ4n) is 2.51. The predicted octanol–water partition coefficient (Wildman–Crippen LogP) is 4.08. The van der Waals surface area contributed by atoms with E-state index >= 15 is 0 Å². The third kappa shape index (κ3) is 3.63. The first-order chi connectivity index (χ1) is 11.2. The molecule has 1 fully saturated rings. The number of fused-ring (bicyclic) bond motifs is 1. The van der Waals surface area contributed by atoms with Gasteiger partial charge in [-0.25, -0.2) is 0 Å². The van der Waals surface area contributed by atoms with Crippen molar-refractivity contribution < 1.29 is 9.53 Å². The minimum atomic E-state index is -0.00994. The van der Waals surface area contributed by atoms with Crippen molar-refractivity contribution in [2.45, 2.75) is 6.42 Å². The molecular formula is C18H17NO2S2. The van der Waals surface area contributed by atoms with Gasteiger partial charge in [-0.05, 0) is 34.9 Å². The van der Waals surface area contributed by atoms with Crippen molar-refractivity contribution in [3.05, 3.63) is 52.9 Å². The van der Waals surface area contributed by atoms with Crippen LogP contribution in [-0.2, 0) is 9.53 Å². The number of thioether (sulfide) groups is 1. The number of benzene rings is 2. The molecule has 2 aromatic rings. The topological polar surface area (TPSA) is 29.5 Å². The van der Waals surface area contributed by atoms with E-state index in [4.69, 9.17) is 17.0 Å². The second-order valence-corrected chi connectivity index (χ2v) is 6.96. The molecule has 1 aliphatic heterocycles. The van der Waals surface area contributed by atoms with Crippen LogP contribution < -0.4 is 0 Å². The number of hydrogen-bond acceptors (Lipinski definition) is 4. The molecule has 0 atom stereocenters. The zero-order valence-electron chi connectivity index (χ0n) is 12.8. The lowest BCUT2D eigenvalue weighted by Crippen LogP contribution is -2.29. The third-order valence-electron chi connectivity index (χ3n) is 3.68. The summed E-state index contributed by atoms with van der Waals surface area (Å²) in [7, 11) is 1.66. The molecule has 0 aromatic heterocycles. The first-order valence-corrected chi connectivity index (χ1v) is 8.64. The molecule has 23 heavy (non-hydrogen) atoms. The molecule has 1 saturated heterocycles. The molecule has 2 aromatic carbocycles. The molecule has 3 nitrogen and oxygen atoms in total. The van der Waals surface area contributed by atoms with Gasteiger partial charge in [0.25, 0.3) is 5.91 Å². The van der Waals surface area contributed by atoms with Crippen LogP contribution in [0, 0.1) is 0 Å². The second-order valence-electron chi connectivity index (χ2n) is 5.29. The van der Waals surface area contributed by atoms with Gasteiger partial charge < -0.3 is 4.74 Å². The van der Waals surface area contributed by atoms with Gasteiger partial charge in [-0.15, -0.1) is 0 Å². The van der Waals surface area contributed by atoms with E-state index in [0.717, 1.165) is 17.4 Å². The molecule has 118 valence electrons. The van der Waals surface area contributed by atoms with Crippen molar-refractivity contribution in [2.75, 3.05) is 20.3 Å². The minimum absolute atomic E-state index is 0.00994. The summed E-state index contributed by atoms with van der Waals surface area (Å²) in [6.45, 7) is 1.23. The molecule has 1 aliphatic rings. The van der Waals surface area contributed by atoms with Gasteiger partial charge in [-0.3, -0.25) is 9.69 Å². The van der Waals surface area contributed by atoms with Crippen LogP contribution in [0.1, 0.15) is 12.0 Å². The third-order valence-corrected chi connectivity index (χ3v) is 5.05. The Morgan fingerprint density at radius 3 is 2.78 bits per heavy atom. The first-order valence-electron chi connectivity index (χ1n) is 7.42. The van der Waals surface area contributed by atoms with Gasteiger partial charge in [0, 0.05) is 20.3 Å². The lowest BCUT2D eigenvalue weighted by atomic mass is 10.1. The molecule has 0 aliphatic carbocycles. The molecule has 1 amide bonds. The summed E-state index contributed by atoms with van der Waals surface area (Å²) in [6.07, 6.45) is 2.70. The number of methoxy groups -OCH3 is 1. The van der Waals surface area contributed by atoms with E-state index in [1.807, 2.05) is 24.3 Å². The summed E-state index contributed by atoms with van der Waals surface area (Å²) in [4.78, 5) is 14.8. The van der Waals surface area contributed by atoms with E-state index in [2.05, 4.69) is 24.3 Å². The number of ether oxygens (including phenoxy) is 1. The summed E-state index contributed by atoms with van der Waals surface area (Å²) in [5.41, 5.74) is 1.01. The molecule has 0 radical (unpaired) electrons. The van der Waals surface area contributed by atoms with Crippen molar-refractivity contribution in [1.29, 1.82) is 0 Å².